The molecule has 28 nitrogen and oxygen atoms in total. The number of ether oxygens (including phenoxy) is 3. The molecular weight excluding hydrogens is 1120 g/mol. The van der Waals surface area contributed by atoms with E-state index in [0.29, 0.717) is 39.3 Å². The molecule has 6 aromatic rings. The molecule has 0 saturated carbocycles. The van der Waals surface area contributed by atoms with Crippen molar-refractivity contribution in [2.45, 2.75) is 110 Å². The summed E-state index contributed by atoms with van der Waals surface area (Å²) in [6, 6.07) is 4.46. The number of primary amides is 2. The molecule has 0 spiro atoms. The number of nitrogens with two attached hydrogens (primary N) is 2. The number of likely N-dealkylation sites (tertiary alicyclic amines) is 1. The number of nitrogens with zero attached hydrogens (tertiary/aromatic N) is 7. The lowest BCUT2D eigenvalue weighted by molar-refractivity contribution is -0.149. The number of carboxylic acids is 1. The third-order valence-electron chi connectivity index (χ3n) is 12.7. The Hall–Kier alpha value is -9.19. The van der Waals surface area contributed by atoms with Crippen molar-refractivity contribution in [3.63, 3.8) is 0 Å². The minimum Gasteiger partial charge on any atom is -0.494 e. The van der Waals surface area contributed by atoms with Gasteiger partial charge < -0.3 is 59.4 Å². The van der Waals surface area contributed by atoms with Crippen molar-refractivity contribution in [2.75, 3.05) is 32.1 Å². The first-order valence-corrected chi connectivity index (χ1v) is 27.3. The summed E-state index contributed by atoms with van der Waals surface area (Å²) >= 11 is 5.13. The number of hydrogen-bond donors (Lipinski definition) is 7. The predicted molar refractivity (Wildman–Crippen MR) is 298 cm³/mol. The van der Waals surface area contributed by atoms with Crippen LogP contribution in [0, 0.1) is 13.8 Å². The second kappa shape index (κ2) is 27.1. The molecule has 8 N–H and O–H groups in total. The standard InChI is InChI=1S/C53H60N12O16S2/c1-7-30-44(80-26(4)57-30)49(74)61-52-60-33-18-28(46(54)71)20-35(78-17-11-12-41(70)79-25(3)23-56-48(73)32(13-14-40(68)69)59-38(66)24-65-39(67)22-36(82)51(65)76)42(33)63(52)15-9-10-16-64-43-34(77-6)19-29(47(55)72)21-37(43)83-53(64)62-50(75)45-31(8-2)58-27(5)81-45/h9-10,18-21,25,32,36,82H,7-8,11-17,22-24H2,1-6H3,(H2,54,71)(H2,55,72)(H,56,73)(H,59,66)(H,68,69)(H,60,61,74)/b10-9+,62-53?/t25-,32-,36?/m0/s1. The molecule has 3 atom stereocenters. The van der Waals surface area contributed by atoms with Gasteiger partial charge in [0.2, 0.25) is 52.9 Å². The Morgan fingerprint density at radius 2 is 1.53 bits per heavy atom. The van der Waals surface area contributed by atoms with Crippen LogP contribution in [0.3, 0.4) is 0 Å². The average Bonchev–Trinajstić information content (AvgIpc) is 2.79. The number of hydrogen-bond acceptors (Lipinski definition) is 20. The Kier molecular flexibility index (Phi) is 20.0. The predicted octanol–water partition coefficient (Wildman–Crippen LogP) is 2.84. The number of benzene rings is 2. The van der Waals surface area contributed by atoms with E-state index in [4.69, 9.17) is 34.5 Å². The van der Waals surface area contributed by atoms with Gasteiger partial charge in [0.15, 0.2) is 16.6 Å². The number of imide groups is 1. The molecule has 1 fully saturated rings. The SMILES string of the molecule is CCc1nc(C)oc1C(=O)N=c1sc2cc(C(N)=O)cc(OC)c2n1C/C=C/Cn1c(NC(=O)c2oc(C)nc2CC)nc2cc(C(N)=O)cc(OCCCC(=O)O[C@@H](C)CNC(=O)[C@H](CCC(=O)O)NC(=O)CN3C(=O)CC(S)C3=O)c21. The van der Waals surface area contributed by atoms with Gasteiger partial charge in [-0.25, -0.2) is 15.0 Å². The lowest BCUT2D eigenvalue weighted by atomic mass is 10.1. The number of carbonyl (C=O) groups is 10. The molecule has 440 valence electrons. The van der Waals surface area contributed by atoms with Gasteiger partial charge in [-0.2, -0.15) is 17.6 Å². The number of rotatable bonds is 27. The fraction of sp³-hybridized carbons (Fsp3) is 0.396. The van der Waals surface area contributed by atoms with Crippen LogP contribution in [0.25, 0.3) is 21.3 Å². The number of aliphatic carboxylic acids is 1. The highest BCUT2D eigenvalue weighted by atomic mass is 32.1. The molecule has 1 saturated heterocycles. The number of imidazole rings is 1. The van der Waals surface area contributed by atoms with Crippen LogP contribution in [0.1, 0.15) is 118 Å². The molecule has 7 rings (SSSR count). The van der Waals surface area contributed by atoms with E-state index in [-0.39, 0.29) is 120 Å². The summed E-state index contributed by atoms with van der Waals surface area (Å²) < 4.78 is 32.6. The molecule has 0 radical (unpaired) electrons. The van der Waals surface area contributed by atoms with Gasteiger partial charge in [-0.1, -0.05) is 37.3 Å². The highest BCUT2D eigenvalue weighted by Crippen LogP contribution is 2.33. The number of oxazole rings is 2. The Morgan fingerprint density at radius 3 is 2.16 bits per heavy atom. The summed E-state index contributed by atoms with van der Waals surface area (Å²) in [5.41, 5.74) is 13.4. The van der Waals surface area contributed by atoms with Crippen molar-refractivity contribution in [3.8, 4) is 11.5 Å². The van der Waals surface area contributed by atoms with Gasteiger partial charge in [0.25, 0.3) is 5.91 Å². The van der Waals surface area contributed by atoms with Gasteiger partial charge in [0, 0.05) is 57.3 Å². The average molecular weight is 1190 g/mol. The zero-order chi connectivity index (χ0) is 60.4. The summed E-state index contributed by atoms with van der Waals surface area (Å²) in [5.74, 6) is -7.01. The Morgan fingerprint density at radius 1 is 0.892 bits per heavy atom. The number of anilines is 1. The van der Waals surface area contributed by atoms with Crippen LogP contribution in [0.4, 0.5) is 5.95 Å². The van der Waals surface area contributed by atoms with E-state index in [0.717, 1.165) is 11.3 Å². The smallest absolute Gasteiger partial charge is 0.317 e. The minimum absolute atomic E-state index is 0.000251. The van der Waals surface area contributed by atoms with Crippen molar-refractivity contribution in [1.82, 2.24) is 39.6 Å². The first kappa shape index (κ1) is 61.4. The molecule has 0 aliphatic carbocycles. The summed E-state index contributed by atoms with van der Waals surface area (Å²) in [7, 11) is 1.42. The number of carboxylic acid groups (broad SMARTS) is 1. The number of aromatic nitrogens is 5. The van der Waals surface area contributed by atoms with Crippen molar-refractivity contribution in [1.29, 1.82) is 0 Å². The highest BCUT2D eigenvalue weighted by Gasteiger charge is 2.38. The molecular formula is C53H60N12O16S2. The molecule has 8 amide bonds. The van der Waals surface area contributed by atoms with Crippen LogP contribution < -0.4 is 41.7 Å². The van der Waals surface area contributed by atoms with Crippen LogP contribution >= 0.6 is 24.0 Å². The zero-order valence-corrected chi connectivity index (χ0v) is 47.6. The van der Waals surface area contributed by atoms with Gasteiger partial charge in [0.05, 0.1) is 47.1 Å². The van der Waals surface area contributed by atoms with Gasteiger partial charge in [-0.3, -0.25) is 58.2 Å². The van der Waals surface area contributed by atoms with Crippen LogP contribution in [0.2, 0.25) is 0 Å². The fourth-order valence-electron chi connectivity index (χ4n) is 8.74. The van der Waals surface area contributed by atoms with Crippen LogP contribution in [-0.4, -0.2) is 137 Å². The maximum atomic E-state index is 13.9. The topological polar surface area (TPSA) is 397 Å². The van der Waals surface area contributed by atoms with Gasteiger partial charge in [-0.05, 0) is 56.9 Å². The maximum Gasteiger partial charge on any atom is 0.317 e. The summed E-state index contributed by atoms with van der Waals surface area (Å²) in [4.78, 5) is 146. The molecule has 1 aliphatic rings. The number of methoxy groups -OCH3 is 1. The summed E-state index contributed by atoms with van der Waals surface area (Å²) in [6.45, 7) is 7.30. The molecule has 1 unspecified atom stereocenters. The zero-order valence-electron chi connectivity index (χ0n) is 45.9. The normalized spacial score (nSPS) is 14.3. The van der Waals surface area contributed by atoms with E-state index >= 15 is 0 Å². The lowest BCUT2D eigenvalue weighted by Crippen LogP contribution is -2.51. The number of fused-ring (bicyclic) bond motifs is 2. The first-order valence-electron chi connectivity index (χ1n) is 26.0. The third kappa shape index (κ3) is 14.8. The van der Waals surface area contributed by atoms with E-state index in [1.807, 2.05) is 6.92 Å². The molecule has 83 heavy (non-hydrogen) atoms. The number of esters is 1. The fourth-order valence-corrected chi connectivity index (χ4v) is 10.1. The Bertz CT molecular complexity index is 3670. The van der Waals surface area contributed by atoms with Crippen molar-refractivity contribution in [2.24, 2.45) is 16.5 Å². The third-order valence-corrected chi connectivity index (χ3v) is 14.1. The first-order chi connectivity index (χ1) is 39.5. The van der Waals surface area contributed by atoms with Crippen LogP contribution in [-0.2, 0) is 59.4 Å². The number of amides is 8. The second-order valence-electron chi connectivity index (χ2n) is 18.8. The molecule has 5 heterocycles. The largest absolute Gasteiger partial charge is 0.494 e. The van der Waals surface area contributed by atoms with Crippen molar-refractivity contribution >= 4 is 110 Å². The number of thiol groups is 1. The van der Waals surface area contributed by atoms with Crippen molar-refractivity contribution in [3.05, 3.63) is 87.0 Å². The van der Waals surface area contributed by atoms with E-state index in [1.54, 1.807) is 48.1 Å². The number of nitrogens with one attached hydrogen (secondary N) is 3. The Balaban J connectivity index is 1.10. The summed E-state index contributed by atoms with van der Waals surface area (Å²) in [5, 5.41) is 16.0. The number of carbonyl (C=O) groups excluding carboxylic acids is 9. The summed E-state index contributed by atoms with van der Waals surface area (Å²) in [6.07, 6.45) is 2.15. The monoisotopic (exact) mass is 1180 g/mol. The number of thiazole rings is 1. The molecule has 4 aromatic heterocycles. The van der Waals surface area contributed by atoms with E-state index in [1.165, 1.54) is 32.2 Å². The lowest BCUT2D eigenvalue weighted by Gasteiger charge is -2.21. The van der Waals surface area contributed by atoms with E-state index in [2.05, 4.69) is 48.5 Å². The van der Waals surface area contributed by atoms with Gasteiger partial charge >= 0.3 is 17.8 Å². The van der Waals surface area contributed by atoms with E-state index < -0.39 is 89.6 Å². The van der Waals surface area contributed by atoms with Crippen molar-refractivity contribution < 1.29 is 76.1 Å². The second-order valence-corrected chi connectivity index (χ2v) is 20.4. The number of allylic oxidation sites excluding steroid dienone is 2. The minimum atomic E-state index is -1.38. The molecule has 2 aromatic carbocycles. The van der Waals surface area contributed by atoms with Gasteiger partial charge in [-0.15, -0.1) is 0 Å². The van der Waals surface area contributed by atoms with E-state index in [9.17, 15) is 53.1 Å². The quantitative estimate of drug-likeness (QED) is 0.0128. The molecule has 0 bridgehead atoms. The Labute approximate surface area is 481 Å². The highest BCUT2D eigenvalue weighted by molar-refractivity contribution is 7.81. The molecule has 1 aliphatic heterocycles. The van der Waals surface area contributed by atoms with Crippen LogP contribution in [0.15, 0.2) is 50.2 Å². The number of aryl methyl sites for hydroxylation is 4. The van der Waals surface area contributed by atoms with Crippen LogP contribution in [0.5, 0.6) is 11.5 Å². The molecule has 30 heteroatoms. The maximum absolute atomic E-state index is 13.9. The van der Waals surface area contributed by atoms with Gasteiger partial charge in [0.1, 0.15) is 41.2 Å².